The molecule has 1 fully saturated rings. The first-order valence-corrected chi connectivity index (χ1v) is 8.44. The van der Waals surface area contributed by atoms with Gasteiger partial charge in [-0.15, -0.1) is 0 Å². The predicted octanol–water partition coefficient (Wildman–Crippen LogP) is 3.99. The van der Waals surface area contributed by atoms with Gasteiger partial charge in [0.05, 0.1) is 0 Å². The van der Waals surface area contributed by atoms with Gasteiger partial charge in [0.2, 0.25) is 0 Å². The van der Waals surface area contributed by atoms with E-state index in [9.17, 15) is 0 Å². The van der Waals surface area contributed by atoms with E-state index in [1.807, 2.05) is 18.3 Å². The normalized spacial score (nSPS) is 17.4. The second kappa shape index (κ2) is 6.43. The van der Waals surface area contributed by atoms with Gasteiger partial charge < -0.3 is 9.88 Å². The third kappa shape index (κ3) is 3.90. The highest BCUT2D eigenvalue weighted by atomic mass is 35.5. The summed E-state index contributed by atoms with van der Waals surface area (Å²) in [5.41, 5.74) is 1.67. The first-order chi connectivity index (χ1) is 10.6. The molecule has 0 amide bonds. The third-order valence-electron chi connectivity index (χ3n) is 4.59. The molecule has 1 N–H and O–H groups in total. The van der Waals surface area contributed by atoms with Crippen LogP contribution in [-0.2, 0) is 13.0 Å². The molecule has 22 heavy (non-hydrogen) atoms. The maximum absolute atomic E-state index is 5.96. The van der Waals surface area contributed by atoms with E-state index in [0.29, 0.717) is 11.6 Å². The number of halogens is 1. The van der Waals surface area contributed by atoms with Gasteiger partial charge in [0.1, 0.15) is 5.82 Å². The van der Waals surface area contributed by atoms with E-state index >= 15 is 0 Å². The molecule has 1 aliphatic carbocycles. The molecule has 3 nitrogen and oxygen atoms in total. The van der Waals surface area contributed by atoms with Gasteiger partial charge in [-0.1, -0.05) is 23.7 Å². The lowest BCUT2D eigenvalue weighted by Crippen LogP contribution is -2.40. The summed E-state index contributed by atoms with van der Waals surface area (Å²) in [5.74, 6) is 1.09. The maximum atomic E-state index is 5.96. The van der Waals surface area contributed by atoms with Crippen LogP contribution < -0.4 is 5.32 Å². The predicted molar refractivity (Wildman–Crippen MR) is 91.3 cm³/mol. The van der Waals surface area contributed by atoms with Crippen molar-refractivity contribution in [3.63, 3.8) is 0 Å². The lowest BCUT2D eigenvalue weighted by molar-refractivity contribution is 0.392. The van der Waals surface area contributed by atoms with Crippen molar-refractivity contribution in [2.24, 2.45) is 0 Å². The van der Waals surface area contributed by atoms with Gasteiger partial charge >= 0.3 is 0 Å². The minimum absolute atomic E-state index is 0.303. The number of nitrogens with one attached hydrogen (secondary N) is 1. The van der Waals surface area contributed by atoms with Crippen LogP contribution in [0.4, 0.5) is 0 Å². The van der Waals surface area contributed by atoms with Crippen molar-refractivity contribution in [1.82, 2.24) is 14.9 Å². The molecule has 0 saturated heterocycles. The maximum Gasteiger partial charge on any atom is 0.105 e. The van der Waals surface area contributed by atoms with Crippen LogP contribution >= 0.6 is 11.6 Å². The molecule has 1 atom stereocenters. The molecule has 4 heteroatoms. The van der Waals surface area contributed by atoms with Gasteiger partial charge in [-0.25, -0.2) is 4.98 Å². The topological polar surface area (TPSA) is 29.9 Å². The molecule has 1 saturated carbocycles. The Labute approximate surface area is 137 Å². The zero-order valence-corrected chi connectivity index (χ0v) is 14.1. The Morgan fingerprint density at radius 1 is 1.32 bits per heavy atom. The van der Waals surface area contributed by atoms with Crippen LogP contribution in [-0.4, -0.2) is 21.1 Å². The van der Waals surface area contributed by atoms with Gasteiger partial charge in [0, 0.05) is 35.5 Å². The lowest BCUT2D eigenvalue weighted by atomic mass is 10.0. The van der Waals surface area contributed by atoms with Gasteiger partial charge in [0.15, 0.2) is 0 Å². The van der Waals surface area contributed by atoms with Crippen molar-refractivity contribution >= 4 is 11.6 Å². The molecular weight excluding hydrogens is 294 g/mol. The molecule has 0 bridgehead atoms. The van der Waals surface area contributed by atoms with E-state index in [1.165, 1.54) is 18.4 Å². The standard InChI is InChI=1S/C18H24ClN3/c1-14(7-11-22-12-10-20-15(22)2)21-18(8-9-18)13-16-3-5-17(19)6-4-16/h3-6,10,12,14,21H,7-9,11,13H2,1-2H3/t14-/m0/s1. The first kappa shape index (κ1) is 15.6. The SMILES string of the molecule is Cc1nccn1CC[C@H](C)NC1(Cc2ccc(Cl)cc2)CC1. The van der Waals surface area contributed by atoms with Crippen LogP contribution in [0, 0.1) is 6.92 Å². The fraction of sp³-hybridized carbons (Fsp3) is 0.500. The van der Waals surface area contributed by atoms with E-state index in [2.05, 4.69) is 47.0 Å². The lowest BCUT2D eigenvalue weighted by Gasteiger charge is -2.23. The smallest absolute Gasteiger partial charge is 0.105 e. The Balaban J connectivity index is 1.51. The fourth-order valence-electron chi connectivity index (χ4n) is 3.08. The number of rotatable bonds is 7. The summed E-state index contributed by atoms with van der Waals surface area (Å²) in [7, 11) is 0. The number of aromatic nitrogens is 2. The van der Waals surface area contributed by atoms with Crippen LogP contribution in [0.3, 0.4) is 0 Å². The number of aryl methyl sites for hydroxylation is 2. The van der Waals surface area contributed by atoms with E-state index in [1.54, 1.807) is 0 Å². The van der Waals surface area contributed by atoms with Crippen molar-refractivity contribution in [2.75, 3.05) is 0 Å². The minimum Gasteiger partial charge on any atom is -0.335 e. The Morgan fingerprint density at radius 3 is 2.64 bits per heavy atom. The average Bonchev–Trinajstić information content (AvgIpc) is 3.11. The molecule has 3 rings (SSSR count). The van der Waals surface area contributed by atoms with E-state index < -0.39 is 0 Å². The van der Waals surface area contributed by atoms with Crippen molar-refractivity contribution in [3.8, 4) is 0 Å². The van der Waals surface area contributed by atoms with E-state index in [4.69, 9.17) is 11.6 Å². The Hall–Kier alpha value is -1.32. The molecule has 1 heterocycles. The number of imidazole rings is 1. The van der Waals surface area contributed by atoms with Gasteiger partial charge in [-0.3, -0.25) is 0 Å². The molecule has 0 spiro atoms. The number of hydrogen-bond acceptors (Lipinski definition) is 2. The van der Waals surface area contributed by atoms with Crippen LogP contribution in [0.25, 0.3) is 0 Å². The zero-order valence-electron chi connectivity index (χ0n) is 13.3. The highest BCUT2D eigenvalue weighted by Crippen LogP contribution is 2.39. The Bertz CT molecular complexity index is 614. The molecule has 0 aliphatic heterocycles. The first-order valence-electron chi connectivity index (χ1n) is 8.06. The van der Waals surface area contributed by atoms with E-state index in [0.717, 1.165) is 30.2 Å². The van der Waals surface area contributed by atoms with Crippen LogP contribution in [0.2, 0.25) is 5.02 Å². The molecular formula is C18H24ClN3. The fourth-order valence-corrected chi connectivity index (χ4v) is 3.21. The molecule has 2 aromatic rings. The largest absolute Gasteiger partial charge is 0.335 e. The number of hydrogen-bond donors (Lipinski definition) is 1. The van der Waals surface area contributed by atoms with Crippen LogP contribution in [0.15, 0.2) is 36.7 Å². The van der Waals surface area contributed by atoms with Gasteiger partial charge in [-0.2, -0.15) is 0 Å². The molecule has 1 aromatic carbocycles. The summed E-state index contributed by atoms with van der Waals surface area (Å²) in [6, 6.07) is 8.76. The van der Waals surface area contributed by atoms with Gasteiger partial charge in [-0.05, 0) is 57.2 Å². The molecule has 118 valence electrons. The summed E-state index contributed by atoms with van der Waals surface area (Å²) >= 11 is 5.96. The van der Waals surface area contributed by atoms with Crippen molar-refractivity contribution in [2.45, 2.75) is 57.7 Å². The summed E-state index contributed by atoms with van der Waals surface area (Å²) in [6.07, 6.45) is 8.69. The average molecular weight is 318 g/mol. The Morgan fingerprint density at radius 2 is 2.05 bits per heavy atom. The second-order valence-electron chi connectivity index (χ2n) is 6.59. The monoisotopic (exact) mass is 317 g/mol. The summed E-state index contributed by atoms with van der Waals surface area (Å²) in [5, 5.41) is 4.66. The number of nitrogens with zero attached hydrogens (tertiary/aromatic N) is 2. The van der Waals surface area contributed by atoms with E-state index in [-0.39, 0.29) is 0 Å². The second-order valence-corrected chi connectivity index (χ2v) is 7.02. The van der Waals surface area contributed by atoms with Crippen molar-refractivity contribution in [1.29, 1.82) is 0 Å². The molecule has 1 aromatic heterocycles. The third-order valence-corrected chi connectivity index (χ3v) is 4.84. The molecule has 0 unspecified atom stereocenters. The Kier molecular flexibility index (Phi) is 4.55. The van der Waals surface area contributed by atoms with Crippen molar-refractivity contribution in [3.05, 3.63) is 53.1 Å². The molecule has 1 aliphatic rings. The minimum atomic E-state index is 0.303. The number of benzene rings is 1. The zero-order chi connectivity index (χ0) is 15.6. The summed E-state index contributed by atoms with van der Waals surface area (Å²) in [4.78, 5) is 4.28. The van der Waals surface area contributed by atoms with Crippen LogP contribution in [0.5, 0.6) is 0 Å². The highest BCUT2D eigenvalue weighted by molar-refractivity contribution is 6.30. The highest BCUT2D eigenvalue weighted by Gasteiger charge is 2.42. The summed E-state index contributed by atoms with van der Waals surface area (Å²) < 4.78 is 2.22. The molecule has 0 radical (unpaired) electrons. The van der Waals surface area contributed by atoms with Gasteiger partial charge in [0.25, 0.3) is 0 Å². The summed E-state index contributed by atoms with van der Waals surface area (Å²) in [6.45, 7) is 5.37. The quantitative estimate of drug-likeness (QED) is 0.837. The van der Waals surface area contributed by atoms with Crippen molar-refractivity contribution < 1.29 is 0 Å². The van der Waals surface area contributed by atoms with Crippen LogP contribution in [0.1, 0.15) is 37.6 Å².